The lowest BCUT2D eigenvalue weighted by atomic mass is 9.80. The van der Waals surface area contributed by atoms with E-state index in [9.17, 15) is 14.3 Å². The molecule has 3 atom stereocenters. The maximum atomic E-state index is 14.2. The van der Waals surface area contributed by atoms with E-state index >= 15 is 0 Å². The Bertz CT molecular complexity index is 1220. The number of aliphatic hydroxyl groups excluding tert-OH is 1. The third kappa shape index (κ3) is 4.41. The lowest BCUT2D eigenvalue weighted by Crippen LogP contribution is -2.35. The molecule has 1 aliphatic carbocycles. The van der Waals surface area contributed by atoms with Crippen LogP contribution < -0.4 is 16.2 Å². The van der Waals surface area contributed by atoms with Crippen LogP contribution in [0.4, 0.5) is 10.1 Å². The van der Waals surface area contributed by atoms with Crippen LogP contribution in [0.15, 0.2) is 60.8 Å². The molecule has 176 valence electrons. The summed E-state index contributed by atoms with van der Waals surface area (Å²) in [5.74, 6) is -0.383. The molecule has 7 heteroatoms. The Kier molecular flexibility index (Phi) is 6.06. The molecule has 6 nitrogen and oxygen atoms in total. The SMILES string of the molecule is Cc1cc(C2NNc3ccc(C(=O)NC4CCC(CO)(Cc5ccccc5F)C4)cc32)ccn1. The number of aromatic nitrogens is 1. The van der Waals surface area contributed by atoms with Crippen molar-refractivity contribution in [2.24, 2.45) is 5.41 Å². The minimum Gasteiger partial charge on any atom is -0.396 e. The van der Waals surface area contributed by atoms with Crippen molar-refractivity contribution >= 4 is 11.6 Å². The van der Waals surface area contributed by atoms with Gasteiger partial charge in [-0.05, 0) is 85.5 Å². The first-order valence-corrected chi connectivity index (χ1v) is 11.7. The van der Waals surface area contributed by atoms with E-state index in [1.54, 1.807) is 18.3 Å². The first kappa shape index (κ1) is 22.5. The average Bonchev–Trinajstić information content (AvgIpc) is 3.45. The van der Waals surface area contributed by atoms with Crippen molar-refractivity contribution in [3.63, 3.8) is 0 Å². The number of hydrogen-bond donors (Lipinski definition) is 4. The van der Waals surface area contributed by atoms with E-state index in [2.05, 4.69) is 21.2 Å². The third-order valence-corrected chi connectivity index (χ3v) is 7.13. The van der Waals surface area contributed by atoms with Gasteiger partial charge in [0.25, 0.3) is 5.91 Å². The highest BCUT2D eigenvalue weighted by Gasteiger charge is 2.40. The fraction of sp³-hybridized carbons (Fsp3) is 0.333. The van der Waals surface area contributed by atoms with Crippen LogP contribution in [0, 0.1) is 18.2 Å². The number of benzene rings is 2. The first-order valence-electron chi connectivity index (χ1n) is 11.7. The van der Waals surface area contributed by atoms with Gasteiger partial charge in [0.1, 0.15) is 5.82 Å². The summed E-state index contributed by atoms with van der Waals surface area (Å²) < 4.78 is 14.2. The van der Waals surface area contributed by atoms with Crippen molar-refractivity contribution in [1.29, 1.82) is 0 Å². The molecule has 1 fully saturated rings. The van der Waals surface area contributed by atoms with Gasteiger partial charge in [-0.25, -0.2) is 9.82 Å². The van der Waals surface area contributed by atoms with E-state index < -0.39 is 5.41 Å². The Balaban J connectivity index is 1.29. The topological polar surface area (TPSA) is 86.3 Å². The molecule has 4 N–H and O–H groups in total. The van der Waals surface area contributed by atoms with Gasteiger partial charge < -0.3 is 15.8 Å². The van der Waals surface area contributed by atoms with E-state index in [4.69, 9.17) is 0 Å². The number of carbonyl (C=O) groups is 1. The molecule has 0 spiro atoms. The summed E-state index contributed by atoms with van der Waals surface area (Å²) in [5.41, 5.74) is 11.2. The third-order valence-electron chi connectivity index (χ3n) is 7.13. The molecule has 0 saturated heterocycles. The molecular formula is C27H29FN4O2. The molecule has 1 amide bonds. The van der Waals surface area contributed by atoms with Crippen molar-refractivity contribution in [2.45, 2.75) is 44.7 Å². The normalized spacial score (nSPS) is 23.4. The number of nitrogens with one attached hydrogen (secondary N) is 3. The highest BCUT2D eigenvalue weighted by atomic mass is 19.1. The molecule has 1 aliphatic heterocycles. The van der Waals surface area contributed by atoms with Gasteiger partial charge in [0.15, 0.2) is 0 Å². The minimum atomic E-state index is -0.420. The zero-order valence-electron chi connectivity index (χ0n) is 19.1. The second kappa shape index (κ2) is 9.16. The largest absolute Gasteiger partial charge is 0.396 e. The molecule has 2 heterocycles. The van der Waals surface area contributed by atoms with Crippen LogP contribution in [-0.4, -0.2) is 28.6 Å². The van der Waals surface area contributed by atoms with Crippen molar-refractivity contribution in [1.82, 2.24) is 15.7 Å². The Morgan fingerprint density at radius 3 is 2.88 bits per heavy atom. The number of anilines is 1. The number of hydrazine groups is 1. The van der Waals surface area contributed by atoms with Crippen molar-refractivity contribution in [3.8, 4) is 0 Å². The summed E-state index contributed by atoms with van der Waals surface area (Å²) in [7, 11) is 0. The lowest BCUT2D eigenvalue weighted by molar-refractivity contribution is 0.0923. The maximum Gasteiger partial charge on any atom is 0.251 e. The van der Waals surface area contributed by atoms with Crippen molar-refractivity contribution in [2.75, 3.05) is 12.0 Å². The van der Waals surface area contributed by atoms with Gasteiger partial charge in [-0.1, -0.05) is 18.2 Å². The standard InChI is InChI=1S/C27H29FN4O2/c1-17-12-18(9-11-29-17)25-22-13-19(6-7-24(22)31-32-25)26(34)30-21-8-10-27(15-21,16-33)14-20-4-2-3-5-23(20)28/h2-7,9,11-13,21,25,31-33H,8,10,14-16H2,1H3,(H,30,34). The molecular weight excluding hydrogens is 431 g/mol. The minimum absolute atomic E-state index is 0.0308. The monoisotopic (exact) mass is 460 g/mol. The van der Waals surface area contributed by atoms with Gasteiger partial charge in [-0.2, -0.15) is 0 Å². The molecule has 3 aromatic rings. The zero-order chi connectivity index (χ0) is 23.7. The lowest BCUT2D eigenvalue weighted by Gasteiger charge is -2.27. The Hall–Kier alpha value is -3.29. The molecule has 1 aromatic heterocycles. The van der Waals surface area contributed by atoms with E-state index in [-0.39, 0.29) is 30.4 Å². The number of aliphatic hydroxyl groups is 1. The number of carbonyl (C=O) groups excluding carboxylic acids is 1. The quantitative estimate of drug-likeness (QED) is 0.446. The van der Waals surface area contributed by atoms with Crippen LogP contribution in [0.2, 0.25) is 0 Å². The molecule has 3 unspecified atom stereocenters. The number of hydrogen-bond acceptors (Lipinski definition) is 5. The van der Waals surface area contributed by atoms with Crippen LogP contribution in [-0.2, 0) is 6.42 Å². The van der Waals surface area contributed by atoms with Crippen LogP contribution >= 0.6 is 0 Å². The summed E-state index contributed by atoms with van der Waals surface area (Å²) in [6, 6.07) is 16.2. The van der Waals surface area contributed by atoms with Gasteiger partial charge in [0, 0.05) is 35.7 Å². The van der Waals surface area contributed by atoms with Gasteiger partial charge in [-0.3, -0.25) is 9.78 Å². The van der Waals surface area contributed by atoms with Gasteiger partial charge in [-0.15, -0.1) is 0 Å². The maximum absolute atomic E-state index is 14.2. The summed E-state index contributed by atoms with van der Waals surface area (Å²) in [4.78, 5) is 17.4. The van der Waals surface area contributed by atoms with E-state index in [1.807, 2.05) is 43.3 Å². The predicted molar refractivity (Wildman–Crippen MR) is 129 cm³/mol. The first-order chi connectivity index (χ1) is 16.5. The number of amides is 1. The molecule has 34 heavy (non-hydrogen) atoms. The van der Waals surface area contributed by atoms with E-state index in [0.717, 1.165) is 35.3 Å². The van der Waals surface area contributed by atoms with Gasteiger partial charge >= 0.3 is 0 Å². The van der Waals surface area contributed by atoms with Gasteiger partial charge in [0.05, 0.1) is 11.7 Å². The molecule has 0 radical (unpaired) electrons. The number of halogens is 1. The molecule has 5 rings (SSSR count). The van der Waals surface area contributed by atoms with Crippen LogP contribution in [0.5, 0.6) is 0 Å². The summed E-state index contributed by atoms with van der Waals surface area (Å²) in [6.45, 7) is 1.92. The highest BCUT2D eigenvalue weighted by Crippen LogP contribution is 2.41. The van der Waals surface area contributed by atoms with E-state index in [0.29, 0.717) is 24.0 Å². The average molecular weight is 461 g/mol. The number of nitrogens with zero attached hydrogens (tertiary/aromatic N) is 1. The molecule has 0 bridgehead atoms. The van der Waals surface area contributed by atoms with Crippen LogP contribution in [0.3, 0.4) is 0 Å². The molecule has 1 saturated carbocycles. The Labute approximate surface area is 198 Å². The Morgan fingerprint density at radius 2 is 2.09 bits per heavy atom. The van der Waals surface area contributed by atoms with Gasteiger partial charge in [0.2, 0.25) is 0 Å². The molecule has 2 aliphatic rings. The molecule has 2 aromatic carbocycles. The number of aryl methyl sites for hydroxylation is 1. The second-order valence-corrected chi connectivity index (χ2v) is 9.57. The fourth-order valence-electron chi connectivity index (χ4n) is 5.30. The second-order valence-electron chi connectivity index (χ2n) is 9.57. The smallest absolute Gasteiger partial charge is 0.251 e. The summed E-state index contributed by atoms with van der Waals surface area (Å²) in [6.07, 6.45) is 4.37. The van der Waals surface area contributed by atoms with Crippen molar-refractivity contribution in [3.05, 3.63) is 94.6 Å². The van der Waals surface area contributed by atoms with Crippen LogP contribution in [0.1, 0.15) is 58.0 Å². The van der Waals surface area contributed by atoms with E-state index in [1.165, 1.54) is 6.07 Å². The summed E-state index contributed by atoms with van der Waals surface area (Å²) >= 11 is 0. The summed E-state index contributed by atoms with van der Waals surface area (Å²) in [5, 5.41) is 13.3. The number of fused-ring (bicyclic) bond motifs is 1. The van der Waals surface area contributed by atoms with Crippen LogP contribution in [0.25, 0.3) is 0 Å². The zero-order valence-corrected chi connectivity index (χ0v) is 19.1. The van der Waals surface area contributed by atoms with Crippen molar-refractivity contribution < 1.29 is 14.3 Å². The Morgan fingerprint density at radius 1 is 1.24 bits per heavy atom. The fourth-order valence-corrected chi connectivity index (χ4v) is 5.30. The number of pyridine rings is 1. The highest BCUT2D eigenvalue weighted by molar-refractivity contribution is 5.95. The number of rotatable bonds is 6. The predicted octanol–water partition coefficient (Wildman–Crippen LogP) is 4.05.